The molecule has 2 aromatic heterocycles. The van der Waals surface area contributed by atoms with Crippen molar-refractivity contribution in [2.45, 2.75) is 4.21 Å². The molecule has 0 aliphatic carbocycles. The second-order valence-corrected chi connectivity index (χ2v) is 8.03. The molecule has 0 bridgehead atoms. The first-order chi connectivity index (χ1) is 10.5. The Bertz CT molecular complexity index is 955. The molecule has 22 heavy (non-hydrogen) atoms. The zero-order chi connectivity index (χ0) is 15.7. The van der Waals surface area contributed by atoms with Gasteiger partial charge in [0.2, 0.25) is 0 Å². The van der Waals surface area contributed by atoms with Gasteiger partial charge in [-0.3, -0.25) is 9.52 Å². The summed E-state index contributed by atoms with van der Waals surface area (Å²) in [6, 6.07) is 7.45. The van der Waals surface area contributed by atoms with Crippen molar-refractivity contribution in [3.63, 3.8) is 0 Å². The molecule has 0 spiro atoms. The van der Waals surface area contributed by atoms with E-state index in [9.17, 15) is 18.3 Å². The number of hydrogen-bond acceptors (Lipinski definition) is 6. The first-order valence-electron chi connectivity index (χ1n) is 6.03. The minimum atomic E-state index is -3.66. The molecule has 2 heterocycles. The lowest BCUT2D eigenvalue weighted by Crippen LogP contribution is -2.11. The first kappa shape index (κ1) is 14.8. The van der Waals surface area contributed by atoms with Crippen LogP contribution in [0.3, 0.4) is 0 Å². The fourth-order valence-corrected chi connectivity index (χ4v) is 4.47. The third-order valence-electron chi connectivity index (χ3n) is 2.82. The van der Waals surface area contributed by atoms with Crippen LogP contribution in [0.5, 0.6) is 5.75 Å². The van der Waals surface area contributed by atoms with Gasteiger partial charge in [-0.1, -0.05) is 17.4 Å². The first-order valence-corrected chi connectivity index (χ1v) is 9.27. The van der Waals surface area contributed by atoms with E-state index < -0.39 is 10.0 Å². The lowest BCUT2D eigenvalue weighted by molar-refractivity contribution is 0.477. The van der Waals surface area contributed by atoms with E-state index in [0.717, 1.165) is 22.7 Å². The van der Waals surface area contributed by atoms with Crippen LogP contribution in [0.15, 0.2) is 50.1 Å². The van der Waals surface area contributed by atoms with E-state index in [1.807, 2.05) is 0 Å². The lowest BCUT2D eigenvalue weighted by atomic mass is 10.1. The second-order valence-electron chi connectivity index (χ2n) is 4.33. The van der Waals surface area contributed by atoms with Crippen LogP contribution < -0.4 is 9.60 Å². The highest BCUT2D eigenvalue weighted by Gasteiger charge is 2.16. The predicted octanol–water partition coefficient (Wildman–Crippen LogP) is 2.67. The van der Waals surface area contributed by atoms with Crippen molar-refractivity contribution in [2.24, 2.45) is 0 Å². The molecule has 0 radical (unpaired) electrons. The van der Waals surface area contributed by atoms with Gasteiger partial charge in [0, 0.05) is 16.6 Å². The summed E-state index contributed by atoms with van der Waals surface area (Å²) in [5.41, 5.74) is 1.09. The average molecular weight is 354 g/mol. The van der Waals surface area contributed by atoms with Crippen LogP contribution in [0.1, 0.15) is 0 Å². The lowest BCUT2D eigenvalue weighted by Gasteiger charge is -2.09. The summed E-state index contributed by atoms with van der Waals surface area (Å²) in [7, 11) is -3.66. The molecule has 6 nitrogen and oxygen atoms in total. The minimum absolute atomic E-state index is 0.0480. The molecule has 0 fully saturated rings. The second kappa shape index (κ2) is 5.59. The Hall–Kier alpha value is -2.10. The van der Waals surface area contributed by atoms with Gasteiger partial charge in [0.15, 0.2) is 0 Å². The van der Waals surface area contributed by atoms with Crippen molar-refractivity contribution in [3.05, 3.63) is 50.8 Å². The van der Waals surface area contributed by atoms with E-state index in [1.165, 1.54) is 24.3 Å². The maximum Gasteiger partial charge on any atom is 0.304 e. The van der Waals surface area contributed by atoms with Gasteiger partial charge in [-0.05, 0) is 29.6 Å². The van der Waals surface area contributed by atoms with Crippen molar-refractivity contribution in [1.82, 2.24) is 4.98 Å². The van der Waals surface area contributed by atoms with Gasteiger partial charge in [-0.15, -0.1) is 11.3 Å². The molecule has 0 amide bonds. The topological polar surface area (TPSA) is 99.3 Å². The Morgan fingerprint density at radius 1 is 1.18 bits per heavy atom. The molecule has 1 aromatic carbocycles. The van der Waals surface area contributed by atoms with Crippen molar-refractivity contribution in [2.75, 3.05) is 4.72 Å². The van der Waals surface area contributed by atoms with Crippen molar-refractivity contribution >= 4 is 38.4 Å². The molecular weight excluding hydrogens is 344 g/mol. The largest absolute Gasteiger partial charge is 0.507 e. The molecule has 0 atom stereocenters. The number of anilines is 1. The van der Waals surface area contributed by atoms with Gasteiger partial charge >= 0.3 is 4.87 Å². The molecule has 114 valence electrons. The smallest absolute Gasteiger partial charge is 0.304 e. The number of H-pyrrole nitrogens is 1. The SMILES string of the molecule is O=c1[nH]c(-c2cc(NS(=O)(=O)c3cccs3)ccc2O)cs1. The van der Waals surface area contributed by atoms with Gasteiger partial charge in [0.1, 0.15) is 9.96 Å². The Morgan fingerprint density at radius 3 is 2.64 bits per heavy atom. The maximum absolute atomic E-state index is 12.2. The Labute approximate surface area is 133 Å². The number of thiazole rings is 1. The zero-order valence-corrected chi connectivity index (χ0v) is 13.4. The number of thiophene rings is 1. The maximum atomic E-state index is 12.2. The Balaban J connectivity index is 1.98. The van der Waals surface area contributed by atoms with Crippen LogP contribution >= 0.6 is 22.7 Å². The number of nitrogens with one attached hydrogen (secondary N) is 2. The molecule has 0 unspecified atom stereocenters. The molecule has 0 saturated carbocycles. The quantitative estimate of drug-likeness (QED) is 0.627. The van der Waals surface area contributed by atoms with E-state index in [4.69, 9.17) is 0 Å². The molecule has 0 aliphatic rings. The zero-order valence-electron chi connectivity index (χ0n) is 10.9. The van der Waals surface area contributed by atoms with Crippen LogP contribution in [0.2, 0.25) is 0 Å². The van der Waals surface area contributed by atoms with Crippen LogP contribution in [0, 0.1) is 0 Å². The van der Waals surface area contributed by atoms with Crippen molar-refractivity contribution < 1.29 is 13.5 Å². The van der Waals surface area contributed by atoms with Crippen molar-refractivity contribution in [3.8, 4) is 17.0 Å². The number of rotatable bonds is 4. The number of aromatic amines is 1. The van der Waals surface area contributed by atoms with Crippen LogP contribution in [-0.4, -0.2) is 18.5 Å². The highest BCUT2D eigenvalue weighted by atomic mass is 32.2. The molecule has 0 saturated heterocycles. The fourth-order valence-electron chi connectivity index (χ4n) is 1.85. The summed E-state index contributed by atoms with van der Waals surface area (Å²) >= 11 is 2.08. The van der Waals surface area contributed by atoms with Gasteiger partial charge in [-0.2, -0.15) is 0 Å². The summed E-state index contributed by atoms with van der Waals surface area (Å²) in [5.74, 6) is -0.0480. The number of phenolic OH excluding ortho intramolecular Hbond substituents is 1. The summed E-state index contributed by atoms with van der Waals surface area (Å²) < 4.78 is 27.0. The molecule has 3 rings (SSSR count). The molecule has 0 aliphatic heterocycles. The third-order valence-corrected chi connectivity index (χ3v) is 6.27. The number of aromatic hydroxyl groups is 1. The number of phenols is 1. The minimum Gasteiger partial charge on any atom is -0.507 e. The highest BCUT2D eigenvalue weighted by molar-refractivity contribution is 7.94. The van der Waals surface area contributed by atoms with E-state index in [0.29, 0.717) is 16.9 Å². The number of hydrogen-bond donors (Lipinski definition) is 3. The average Bonchev–Trinajstić information content (AvgIpc) is 3.12. The molecule has 3 N–H and O–H groups in total. The van der Waals surface area contributed by atoms with Gasteiger partial charge in [0.05, 0.1) is 5.69 Å². The highest BCUT2D eigenvalue weighted by Crippen LogP contribution is 2.31. The number of aromatic nitrogens is 1. The van der Waals surface area contributed by atoms with Gasteiger partial charge in [-0.25, -0.2) is 8.42 Å². The summed E-state index contributed by atoms with van der Waals surface area (Å²) in [5, 5.41) is 13.1. The van der Waals surface area contributed by atoms with Gasteiger partial charge in [0.25, 0.3) is 10.0 Å². The summed E-state index contributed by atoms with van der Waals surface area (Å²) in [6.07, 6.45) is 0. The fraction of sp³-hybridized carbons (Fsp3) is 0. The predicted molar refractivity (Wildman–Crippen MR) is 87.2 cm³/mol. The Kier molecular flexibility index (Phi) is 3.77. The Morgan fingerprint density at radius 2 is 2.00 bits per heavy atom. The van der Waals surface area contributed by atoms with E-state index in [2.05, 4.69) is 9.71 Å². The standard InChI is InChI=1S/C13H10N2O4S3/c16-11-4-3-8(6-9(11)10-7-21-13(17)14-10)15-22(18,19)12-2-1-5-20-12/h1-7,15-16H,(H,14,17). The molecule has 3 aromatic rings. The summed E-state index contributed by atoms with van der Waals surface area (Å²) in [6.45, 7) is 0. The van der Waals surface area contributed by atoms with Crippen LogP contribution in [-0.2, 0) is 10.0 Å². The number of sulfonamides is 1. The van der Waals surface area contributed by atoms with E-state index in [1.54, 1.807) is 16.8 Å². The van der Waals surface area contributed by atoms with E-state index in [-0.39, 0.29) is 14.8 Å². The van der Waals surface area contributed by atoms with Crippen LogP contribution in [0.4, 0.5) is 5.69 Å². The van der Waals surface area contributed by atoms with Crippen molar-refractivity contribution in [1.29, 1.82) is 0 Å². The summed E-state index contributed by atoms with van der Waals surface area (Å²) in [4.78, 5) is 13.5. The third kappa shape index (κ3) is 2.91. The van der Waals surface area contributed by atoms with Crippen LogP contribution in [0.25, 0.3) is 11.3 Å². The monoisotopic (exact) mass is 354 g/mol. The molecule has 9 heteroatoms. The van der Waals surface area contributed by atoms with E-state index >= 15 is 0 Å². The molecular formula is C13H10N2O4S3. The number of benzene rings is 1. The normalized spacial score (nSPS) is 11.5. The van der Waals surface area contributed by atoms with Gasteiger partial charge < -0.3 is 10.1 Å².